The van der Waals surface area contributed by atoms with Crippen LogP contribution in [0.1, 0.15) is 32.3 Å². The Morgan fingerprint density at radius 2 is 2.00 bits per heavy atom. The second kappa shape index (κ2) is 9.73. The molecule has 1 heterocycles. The topological polar surface area (TPSA) is 61.4 Å². The molecule has 0 unspecified atom stereocenters. The van der Waals surface area contributed by atoms with Gasteiger partial charge in [0.2, 0.25) is 5.91 Å². The second-order valence-electron chi connectivity index (χ2n) is 6.75. The summed E-state index contributed by atoms with van der Waals surface area (Å²) in [7, 11) is 0. The van der Waals surface area contributed by atoms with Crippen LogP contribution in [-0.2, 0) is 4.79 Å². The first-order valence-corrected chi connectivity index (χ1v) is 8.90. The number of nitrogens with one attached hydrogen (secondary N) is 2. The van der Waals surface area contributed by atoms with Gasteiger partial charge in [0, 0.05) is 25.2 Å². The first-order chi connectivity index (χ1) is 12.1. The van der Waals surface area contributed by atoms with Gasteiger partial charge >= 0.3 is 6.03 Å². The molecular weight excluding hydrogens is 314 g/mol. The lowest BCUT2D eigenvalue weighted by molar-refractivity contribution is -0.126. The van der Waals surface area contributed by atoms with Crippen LogP contribution in [0.15, 0.2) is 30.3 Å². The number of likely N-dealkylation sites (tertiary alicyclic amines) is 1. The zero-order valence-corrected chi connectivity index (χ0v) is 15.0. The van der Waals surface area contributed by atoms with Crippen LogP contribution in [0.4, 0.5) is 4.79 Å². The summed E-state index contributed by atoms with van der Waals surface area (Å²) in [5.74, 6) is 6.21. The molecule has 5 nitrogen and oxygen atoms in total. The summed E-state index contributed by atoms with van der Waals surface area (Å²) in [5.41, 5.74) is 0.933. The zero-order chi connectivity index (χ0) is 18.1. The van der Waals surface area contributed by atoms with E-state index >= 15 is 0 Å². The van der Waals surface area contributed by atoms with Gasteiger partial charge in [0.25, 0.3) is 0 Å². The molecule has 134 valence electrons. The van der Waals surface area contributed by atoms with Crippen molar-refractivity contribution in [2.45, 2.75) is 26.7 Å². The smallest absolute Gasteiger partial charge is 0.317 e. The molecule has 3 amide bonds. The van der Waals surface area contributed by atoms with E-state index in [-0.39, 0.29) is 17.9 Å². The molecule has 5 heteroatoms. The van der Waals surface area contributed by atoms with Crippen molar-refractivity contribution in [3.05, 3.63) is 35.9 Å². The lowest BCUT2D eigenvalue weighted by atomic mass is 9.97. The Hall–Kier alpha value is -2.48. The Kier molecular flexibility index (Phi) is 7.34. The number of rotatable bonds is 4. The van der Waals surface area contributed by atoms with Crippen LogP contribution in [0.25, 0.3) is 0 Å². The summed E-state index contributed by atoms with van der Waals surface area (Å²) in [6.45, 7) is 6.28. The number of carbonyl (C=O) groups is 2. The van der Waals surface area contributed by atoms with Gasteiger partial charge in [0.05, 0.1) is 12.5 Å². The summed E-state index contributed by atoms with van der Waals surface area (Å²) >= 11 is 0. The van der Waals surface area contributed by atoms with E-state index in [4.69, 9.17) is 0 Å². The average Bonchev–Trinajstić information content (AvgIpc) is 2.64. The number of piperidine rings is 1. The molecule has 1 aromatic rings. The van der Waals surface area contributed by atoms with E-state index in [9.17, 15) is 9.59 Å². The van der Waals surface area contributed by atoms with E-state index in [1.807, 2.05) is 30.3 Å². The minimum atomic E-state index is -0.155. The van der Waals surface area contributed by atoms with Gasteiger partial charge in [-0.15, -0.1) is 0 Å². The van der Waals surface area contributed by atoms with E-state index in [1.54, 1.807) is 4.90 Å². The molecule has 0 spiro atoms. The Morgan fingerprint density at radius 1 is 1.24 bits per heavy atom. The van der Waals surface area contributed by atoms with Crippen LogP contribution in [0.2, 0.25) is 0 Å². The first-order valence-electron chi connectivity index (χ1n) is 8.90. The summed E-state index contributed by atoms with van der Waals surface area (Å²) in [6.07, 6.45) is 1.66. The van der Waals surface area contributed by atoms with Crippen molar-refractivity contribution in [3.8, 4) is 11.8 Å². The van der Waals surface area contributed by atoms with Gasteiger partial charge < -0.3 is 15.5 Å². The fourth-order valence-electron chi connectivity index (χ4n) is 2.72. The minimum absolute atomic E-state index is 0.0243. The normalized spacial score (nSPS) is 16.8. The van der Waals surface area contributed by atoms with Crippen molar-refractivity contribution >= 4 is 11.9 Å². The third-order valence-electron chi connectivity index (χ3n) is 4.10. The Balaban J connectivity index is 1.77. The predicted octanol–water partition coefficient (Wildman–Crippen LogP) is 2.23. The molecule has 0 saturated carbocycles. The highest BCUT2D eigenvalue weighted by molar-refractivity contribution is 5.81. The number of benzene rings is 1. The maximum Gasteiger partial charge on any atom is 0.317 e. The maximum atomic E-state index is 12.3. The van der Waals surface area contributed by atoms with Crippen molar-refractivity contribution in [2.75, 3.05) is 26.2 Å². The van der Waals surface area contributed by atoms with Gasteiger partial charge in [-0.2, -0.15) is 0 Å². The van der Waals surface area contributed by atoms with Gasteiger partial charge in [-0.1, -0.05) is 43.9 Å². The SMILES string of the molecule is CC(C)CNC(=O)N1CCC[C@@H](C(=O)NCC#Cc2ccccc2)C1. The van der Waals surface area contributed by atoms with Crippen LogP contribution in [0.3, 0.4) is 0 Å². The van der Waals surface area contributed by atoms with Crippen LogP contribution in [0.5, 0.6) is 0 Å². The molecule has 25 heavy (non-hydrogen) atoms. The fourth-order valence-corrected chi connectivity index (χ4v) is 2.72. The molecule has 2 rings (SSSR count). The third kappa shape index (κ3) is 6.50. The van der Waals surface area contributed by atoms with Crippen molar-refractivity contribution in [2.24, 2.45) is 11.8 Å². The molecule has 1 saturated heterocycles. The quantitative estimate of drug-likeness (QED) is 0.825. The van der Waals surface area contributed by atoms with Crippen LogP contribution in [0, 0.1) is 23.7 Å². The molecule has 0 aromatic heterocycles. The van der Waals surface area contributed by atoms with Gasteiger partial charge in [-0.05, 0) is 30.9 Å². The maximum absolute atomic E-state index is 12.3. The number of carbonyl (C=O) groups excluding carboxylic acids is 2. The zero-order valence-electron chi connectivity index (χ0n) is 15.0. The Morgan fingerprint density at radius 3 is 2.72 bits per heavy atom. The van der Waals surface area contributed by atoms with Crippen LogP contribution in [-0.4, -0.2) is 43.0 Å². The summed E-state index contributed by atoms with van der Waals surface area (Å²) in [6, 6.07) is 9.61. The molecule has 1 atom stereocenters. The predicted molar refractivity (Wildman–Crippen MR) is 98.9 cm³/mol. The molecule has 1 aromatic carbocycles. The molecule has 1 fully saturated rings. The molecular formula is C20H27N3O2. The second-order valence-corrected chi connectivity index (χ2v) is 6.75. The minimum Gasteiger partial charge on any atom is -0.345 e. The van der Waals surface area contributed by atoms with E-state index in [0.29, 0.717) is 32.1 Å². The van der Waals surface area contributed by atoms with Crippen molar-refractivity contribution < 1.29 is 9.59 Å². The van der Waals surface area contributed by atoms with Gasteiger partial charge in [-0.3, -0.25) is 4.79 Å². The summed E-state index contributed by atoms with van der Waals surface area (Å²) < 4.78 is 0. The Bertz CT molecular complexity index is 631. The molecule has 1 aliphatic rings. The van der Waals surface area contributed by atoms with E-state index in [0.717, 1.165) is 18.4 Å². The number of amides is 3. The lowest BCUT2D eigenvalue weighted by Crippen LogP contribution is -2.49. The number of hydrogen-bond donors (Lipinski definition) is 2. The van der Waals surface area contributed by atoms with E-state index in [1.165, 1.54) is 0 Å². The van der Waals surface area contributed by atoms with Gasteiger partial charge in [-0.25, -0.2) is 4.79 Å². The summed E-state index contributed by atoms with van der Waals surface area (Å²) in [5, 5.41) is 5.78. The van der Waals surface area contributed by atoms with E-state index in [2.05, 4.69) is 36.3 Å². The van der Waals surface area contributed by atoms with E-state index < -0.39 is 0 Å². The third-order valence-corrected chi connectivity index (χ3v) is 4.10. The molecule has 1 aliphatic heterocycles. The standard InChI is InChI=1S/C20H27N3O2/c1-16(2)14-22-20(25)23-13-7-11-18(15-23)19(24)21-12-6-10-17-8-4-3-5-9-17/h3-5,8-9,16,18H,7,11-15H2,1-2H3,(H,21,24)(H,22,25)/t18-/m1/s1. The highest BCUT2D eigenvalue weighted by Crippen LogP contribution is 2.16. The van der Waals surface area contributed by atoms with Crippen molar-refractivity contribution in [1.82, 2.24) is 15.5 Å². The molecule has 0 radical (unpaired) electrons. The number of urea groups is 1. The lowest BCUT2D eigenvalue weighted by Gasteiger charge is -2.32. The fraction of sp³-hybridized carbons (Fsp3) is 0.500. The largest absolute Gasteiger partial charge is 0.345 e. The van der Waals surface area contributed by atoms with Gasteiger partial charge in [0.15, 0.2) is 0 Å². The Labute approximate surface area is 150 Å². The molecule has 0 bridgehead atoms. The molecule has 2 N–H and O–H groups in total. The summed E-state index contributed by atoms with van der Waals surface area (Å²) in [4.78, 5) is 26.2. The van der Waals surface area contributed by atoms with Crippen LogP contribution < -0.4 is 10.6 Å². The van der Waals surface area contributed by atoms with Crippen molar-refractivity contribution in [1.29, 1.82) is 0 Å². The van der Waals surface area contributed by atoms with Crippen LogP contribution >= 0.6 is 0 Å². The number of nitrogens with zero attached hydrogens (tertiary/aromatic N) is 1. The average molecular weight is 341 g/mol. The van der Waals surface area contributed by atoms with Crippen molar-refractivity contribution in [3.63, 3.8) is 0 Å². The molecule has 0 aliphatic carbocycles. The monoisotopic (exact) mass is 341 g/mol. The first kappa shape index (κ1) is 18.9. The highest BCUT2D eigenvalue weighted by Gasteiger charge is 2.28. The van der Waals surface area contributed by atoms with Gasteiger partial charge in [0.1, 0.15) is 0 Å². The highest BCUT2D eigenvalue weighted by atomic mass is 16.2. The number of hydrogen-bond acceptors (Lipinski definition) is 2.